The Hall–Kier alpha value is -1.59. The Morgan fingerprint density at radius 3 is 2.69 bits per heavy atom. The van der Waals surface area contributed by atoms with Crippen molar-refractivity contribution in [3.63, 3.8) is 0 Å². The standard InChI is InChI=1S/C11H15NO4/c1-15-11(16-2)7-10(14)12-8-4-3-5-9(13)6-8/h3-6,11,13H,7H2,1-2H3,(H,12,14). The minimum absolute atomic E-state index is 0.0999. The number of rotatable bonds is 5. The van der Waals surface area contributed by atoms with Crippen LogP contribution in [0.3, 0.4) is 0 Å². The molecule has 2 N–H and O–H groups in total. The maximum absolute atomic E-state index is 11.5. The van der Waals surface area contributed by atoms with Crippen LogP contribution in [0.5, 0.6) is 5.75 Å². The number of hydrogen-bond acceptors (Lipinski definition) is 4. The number of ether oxygens (including phenoxy) is 2. The second kappa shape index (κ2) is 6.09. The average Bonchev–Trinajstić information content (AvgIpc) is 2.26. The summed E-state index contributed by atoms with van der Waals surface area (Å²) in [5, 5.41) is 11.8. The van der Waals surface area contributed by atoms with E-state index in [1.807, 2.05) is 0 Å². The first-order chi connectivity index (χ1) is 7.65. The topological polar surface area (TPSA) is 67.8 Å². The van der Waals surface area contributed by atoms with E-state index in [1.54, 1.807) is 12.1 Å². The van der Waals surface area contributed by atoms with Crippen molar-refractivity contribution in [1.82, 2.24) is 0 Å². The molecule has 0 aliphatic carbocycles. The van der Waals surface area contributed by atoms with Gasteiger partial charge in [-0.2, -0.15) is 0 Å². The van der Waals surface area contributed by atoms with Gasteiger partial charge in [-0.15, -0.1) is 0 Å². The van der Waals surface area contributed by atoms with E-state index in [4.69, 9.17) is 9.47 Å². The van der Waals surface area contributed by atoms with Crippen molar-refractivity contribution in [3.8, 4) is 5.75 Å². The number of phenolic OH excluding ortho intramolecular Hbond substituents is 1. The molecule has 0 saturated heterocycles. The number of amides is 1. The highest BCUT2D eigenvalue weighted by Gasteiger charge is 2.11. The molecule has 0 spiro atoms. The molecule has 1 aromatic rings. The van der Waals surface area contributed by atoms with Gasteiger partial charge in [0, 0.05) is 26.0 Å². The van der Waals surface area contributed by atoms with Gasteiger partial charge < -0.3 is 19.9 Å². The number of nitrogens with one attached hydrogen (secondary N) is 1. The second-order valence-electron chi connectivity index (χ2n) is 3.20. The predicted octanol–water partition coefficient (Wildman–Crippen LogP) is 1.34. The van der Waals surface area contributed by atoms with Gasteiger partial charge in [0.1, 0.15) is 5.75 Å². The molecule has 1 aromatic carbocycles. The molecule has 0 heterocycles. The van der Waals surface area contributed by atoms with Gasteiger partial charge in [-0.3, -0.25) is 4.79 Å². The molecule has 0 aliphatic heterocycles. The SMILES string of the molecule is COC(CC(=O)Nc1cccc(O)c1)OC. The molecule has 0 fully saturated rings. The Morgan fingerprint density at radius 1 is 1.44 bits per heavy atom. The fourth-order valence-corrected chi connectivity index (χ4v) is 1.21. The first-order valence-corrected chi connectivity index (χ1v) is 4.80. The molecule has 16 heavy (non-hydrogen) atoms. The van der Waals surface area contributed by atoms with E-state index in [2.05, 4.69) is 5.32 Å². The van der Waals surface area contributed by atoms with Gasteiger partial charge in [-0.05, 0) is 12.1 Å². The quantitative estimate of drug-likeness (QED) is 0.742. The van der Waals surface area contributed by atoms with E-state index in [9.17, 15) is 9.90 Å². The maximum atomic E-state index is 11.5. The Balaban J connectivity index is 2.51. The molecule has 0 unspecified atom stereocenters. The van der Waals surface area contributed by atoms with Crippen molar-refractivity contribution in [2.24, 2.45) is 0 Å². The zero-order valence-corrected chi connectivity index (χ0v) is 9.27. The first-order valence-electron chi connectivity index (χ1n) is 4.80. The highest BCUT2D eigenvalue weighted by molar-refractivity contribution is 5.91. The zero-order valence-electron chi connectivity index (χ0n) is 9.27. The highest BCUT2D eigenvalue weighted by atomic mass is 16.7. The summed E-state index contributed by atoms with van der Waals surface area (Å²) in [6, 6.07) is 6.33. The van der Waals surface area contributed by atoms with Gasteiger partial charge in [0.15, 0.2) is 6.29 Å². The van der Waals surface area contributed by atoms with Crippen molar-refractivity contribution in [2.45, 2.75) is 12.7 Å². The summed E-state index contributed by atoms with van der Waals surface area (Å²) < 4.78 is 9.80. The average molecular weight is 225 g/mol. The van der Waals surface area contributed by atoms with Crippen molar-refractivity contribution >= 4 is 11.6 Å². The van der Waals surface area contributed by atoms with Crippen LogP contribution in [0.4, 0.5) is 5.69 Å². The molecule has 0 saturated carbocycles. The van der Waals surface area contributed by atoms with Crippen LogP contribution in [0.1, 0.15) is 6.42 Å². The van der Waals surface area contributed by atoms with Gasteiger partial charge in [-0.25, -0.2) is 0 Å². The lowest BCUT2D eigenvalue weighted by Gasteiger charge is -2.12. The molecular weight excluding hydrogens is 210 g/mol. The molecule has 1 amide bonds. The lowest BCUT2D eigenvalue weighted by molar-refractivity contribution is -0.134. The smallest absolute Gasteiger partial charge is 0.229 e. The van der Waals surface area contributed by atoms with Crippen LogP contribution >= 0.6 is 0 Å². The van der Waals surface area contributed by atoms with Crippen LogP contribution < -0.4 is 5.32 Å². The number of benzene rings is 1. The molecule has 88 valence electrons. The normalized spacial score (nSPS) is 10.4. The molecule has 5 heteroatoms. The fourth-order valence-electron chi connectivity index (χ4n) is 1.21. The summed E-state index contributed by atoms with van der Waals surface area (Å²) in [5.74, 6) is -0.132. The summed E-state index contributed by atoms with van der Waals surface area (Å²) >= 11 is 0. The maximum Gasteiger partial charge on any atom is 0.229 e. The van der Waals surface area contributed by atoms with Crippen LogP contribution in [0.15, 0.2) is 24.3 Å². The molecule has 0 bridgehead atoms. The molecule has 5 nitrogen and oxygen atoms in total. The van der Waals surface area contributed by atoms with Gasteiger partial charge in [-0.1, -0.05) is 6.07 Å². The monoisotopic (exact) mass is 225 g/mol. The fraction of sp³-hybridized carbons (Fsp3) is 0.364. The van der Waals surface area contributed by atoms with E-state index in [-0.39, 0.29) is 18.1 Å². The number of aromatic hydroxyl groups is 1. The first kappa shape index (κ1) is 12.5. The Kier molecular flexibility index (Phi) is 4.75. The Morgan fingerprint density at radius 2 is 2.12 bits per heavy atom. The van der Waals surface area contributed by atoms with Gasteiger partial charge in [0.05, 0.1) is 6.42 Å². The number of methoxy groups -OCH3 is 2. The number of carbonyl (C=O) groups excluding carboxylic acids is 1. The molecule has 1 rings (SSSR count). The lowest BCUT2D eigenvalue weighted by Crippen LogP contribution is -2.22. The van der Waals surface area contributed by atoms with Crippen LogP contribution in [-0.2, 0) is 14.3 Å². The number of carbonyl (C=O) groups is 1. The minimum Gasteiger partial charge on any atom is -0.508 e. The predicted molar refractivity (Wildman–Crippen MR) is 59.2 cm³/mol. The van der Waals surface area contributed by atoms with Gasteiger partial charge in [0.25, 0.3) is 0 Å². The van der Waals surface area contributed by atoms with E-state index < -0.39 is 6.29 Å². The van der Waals surface area contributed by atoms with Crippen LogP contribution in [0.25, 0.3) is 0 Å². The summed E-state index contributed by atoms with van der Waals surface area (Å²) in [5.41, 5.74) is 0.538. The molecule has 0 radical (unpaired) electrons. The van der Waals surface area contributed by atoms with Crippen molar-refractivity contribution in [2.75, 3.05) is 19.5 Å². The zero-order chi connectivity index (χ0) is 12.0. The van der Waals surface area contributed by atoms with Crippen molar-refractivity contribution < 1.29 is 19.4 Å². The Labute approximate surface area is 94.0 Å². The molecule has 0 aromatic heterocycles. The highest BCUT2D eigenvalue weighted by Crippen LogP contribution is 2.15. The summed E-state index contributed by atoms with van der Waals surface area (Å²) in [6.45, 7) is 0. The van der Waals surface area contributed by atoms with E-state index in [1.165, 1.54) is 26.4 Å². The summed E-state index contributed by atoms with van der Waals surface area (Å²) in [4.78, 5) is 11.5. The van der Waals surface area contributed by atoms with Crippen molar-refractivity contribution in [1.29, 1.82) is 0 Å². The van der Waals surface area contributed by atoms with Gasteiger partial charge >= 0.3 is 0 Å². The number of anilines is 1. The third kappa shape index (κ3) is 3.88. The van der Waals surface area contributed by atoms with Crippen LogP contribution in [0, 0.1) is 0 Å². The van der Waals surface area contributed by atoms with E-state index in [0.29, 0.717) is 5.69 Å². The lowest BCUT2D eigenvalue weighted by atomic mass is 10.3. The molecule has 0 atom stereocenters. The number of phenols is 1. The summed E-state index contributed by atoms with van der Waals surface area (Å²) in [6.07, 6.45) is -0.458. The molecule has 0 aliphatic rings. The Bertz CT molecular complexity index is 350. The third-order valence-electron chi connectivity index (χ3n) is 2.01. The van der Waals surface area contributed by atoms with Gasteiger partial charge in [0.2, 0.25) is 5.91 Å². The second-order valence-corrected chi connectivity index (χ2v) is 3.20. The van der Waals surface area contributed by atoms with Crippen molar-refractivity contribution in [3.05, 3.63) is 24.3 Å². The third-order valence-corrected chi connectivity index (χ3v) is 2.01. The van der Waals surface area contributed by atoms with Crippen LogP contribution in [0.2, 0.25) is 0 Å². The number of hydrogen-bond donors (Lipinski definition) is 2. The van der Waals surface area contributed by atoms with Crippen LogP contribution in [-0.4, -0.2) is 31.5 Å². The summed E-state index contributed by atoms with van der Waals surface area (Å²) in [7, 11) is 2.94. The minimum atomic E-state index is -0.558. The van der Waals surface area contributed by atoms with E-state index in [0.717, 1.165) is 0 Å². The largest absolute Gasteiger partial charge is 0.508 e. The van der Waals surface area contributed by atoms with E-state index >= 15 is 0 Å². The molecular formula is C11H15NO4.